The highest BCUT2D eigenvalue weighted by atomic mass is 16.3. The number of hydrogen-bond donors (Lipinski definition) is 1. The second-order valence-electron chi connectivity index (χ2n) is 7.97. The Morgan fingerprint density at radius 2 is 1.80 bits per heavy atom. The third-order valence-corrected chi connectivity index (χ3v) is 5.69. The van der Waals surface area contributed by atoms with Crippen LogP contribution in [0.2, 0.25) is 0 Å². The molecule has 0 bridgehead atoms. The van der Waals surface area contributed by atoms with Crippen LogP contribution in [0.4, 0.5) is 0 Å². The molecule has 0 aliphatic carbocycles. The summed E-state index contributed by atoms with van der Waals surface area (Å²) in [6.45, 7) is 5.05. The number of aliphatic hydroxyl groups is 1. The van der Waals surface area contributed by atoms with Crippen LogP contribution in [-0.2, 0) is 6.61 Å². The van der Waals surface area contributed by atoms with Gasteiger partial charge in [0.15, 0.2) is 0 Å². The largest absolute Gasteiger partial charge is 0.392 e. The van der Waals surface area contributed by atoms with Gasteiger partial charge in [0, 0.05) is 25.7 Å². The lowest BCUT2D eigenvalue weighted by atomic mass is 10.0. The first-order valence-corrected chi connectivity index (χ1v) is 10.4. The van der Waals surface area contributed by atoms with Crippen LogP contribution in [0.1, 0.15) is 36.9 Å². The molecule has 1 fully saturated rings. The summed E-state index contributed by atoms with van der Waals surface area (Å²) in [5, 5.41) is 13.5. The van der Waals surface area contributed by atoms with Gasteiger partial charge in [0.25, 0.3) is 0 Å². The molecular weight excluding hydrogens is 376 g/mol. The lowest BCUT2D eigenvalue weighted by Gasteiger charge is -2.32. The molecule has 0 amide bonds. The third-order valence-electron chi connectivity index (χ3n) is 5.69. The van der Waals surface area contributed by atoms with Crippen LogP contribution in [0.25, 0.3) is 11.8 Å². The molecule has 0 unspecified atom stereocenters. The first-order valence-electron chi connectivity index (χ1n) is 10.4. The van der Waals surface area contributed by atoms with Crippen molar-refractivity contribution in [2.24, 2.45) is 0 Å². The van der Waals surface area contributed by atoms with E-state index in [2.05, 4.69) is 47.3 Å². The highest BCUT2D eigenvalue weighted by molar-refractivity contribution is 5.52. The highest BCUT2D eigenvalue weighted by Crippen LogP contribution is 2.22. The van der Waals surface area contributed by atoms with Crippen LogP contribution in [-0.4, -0.2) is 44.0 Å². The minimum Gasteiger partial charge on any atom is -0.392 e. The topological polar surface area (TPSA) is 63.3 Å². The van der Waals surface area contributed by atoms with Crippen LogP contribution < -0.4 is 5.69 Å². The molecule has 6 nitrogen and oxygen atoms in total. The van der Waals surface area contributed by atoms with Gasteiger partial charge in [0.05, 0.1) is 12.3 Å². The Hall–Kier alpha value is -2.96. The number of aromatic nitrogens is 3. The number of benzene rings is 2. The first-order chi connectivity index (χ1) is 14.6. The summed E-state index contributed by atoms with van der Waals surface area (Å²) >= 11 is 0. The van der Waals surface area contributed by atoms with Gasteiger partial charge in [-0.2, -0.15) is 9.78 Å². The van der Waals surface area contributed by atoms with Gasteiger partial charge in [-0.15, -0.1) is 0 Å². The maximum absolute atomic E-state index is 12.9. The summed E-state index contributed by atoms with van der Waals surface area (Å²) in [6.07, 6.45) is 5.77. The van der Waals surface area contributed by atoms with Crippen molar-refractivity contribution in [1.29, 1.82) is 0 Å². The van der Waals surface area contributed by atoms with Crippen molar-refractivity contribution in [3.63, 3.8) is 0 Å². The molecule has 1 N–H and O–H groups in total. The van der Waals surface area contributed by atoms with Crippen molar-refractivity contribution in [3.8, 4) is 5.69 Å². The van der Waals surface area contributed by atoms with Crippen molar-refractivity contribution in [2.45, 2.75) is 32.4 Å². The monoisotopic (exact) mass is 404 g/mol. The van der Waals surface area contributed by atoms with Crippen LogP contribution in [0.15, 0.2) is 71.3 Å². The molecule has 3 aromatic rings. The molecule has 1 aliphatic heterocycles. The Morgan fingerprint density at radius 1 is 1.10 bits per heavy atom. The molecule has 1 saturated heterocycles. The van der Waals surface area contributed by atoms with E-state index in [0.717, 1.165) is 43.7 Å². The fraction of sp³-hybridized carbons (Fsp3) is 0.333. The van der Waals surface area contributed by atoms with E-state index in [4.69, 9.17) is 0 Å². The number of rotatable bonds is 6. The summed E-state index contributed by atoms with van der Waals surface area (Å²) in [5.41, 5.74) is 4.00. The SMILES string of the molecule is CC(=Cc1ccccc1)CN1CCC(n2cnn(-c3ccc(CO)cc3)c2=O)CC1. The summed E-state index contributed by atoms with van der Waals surface area (Å²) in [7, 11) is 0. The zero-order valence-corrected chi connectivity index (χ0v) is 17.3. The number of aliphatic hydroxyl groups excluding tert-OH is 1. The summed E-state index contributed by atoms with van der Waals surface area (Å²) < 4.78 is 3.20. The Bertz CT molecular complexity index is 1040. The van der Waals surface area contributed by atoms with Gasteiger partial charge >= 0.3 is 5.69 Å². The summed E-state index contributed by atoms with van der Waals surface area (Å²) in [6, 6.07) is 17.8. The predicted molar refractivity (Wildman–Crippen MR) is 119 cm³/mol. The highest BCUT2D eigenvalue weighted by Gasteiger charge is 2.23. The second kappa shape index (κ2) is 9.24. The average Bonchev–Trinajstić information content (AvgIpc) is 3.16. The number of hydrogen-bond acceptors (Lipinski definition) is 4. The molecule has 1 aliphatic rings. The number of nitrogens with zero attached hydrogens (tertiary/aromatic N) is 4. The molecule has 6 heteroatoms. The predicted octanol–water partition coefficient (Wildman–Crippen LogP) is 3.27. The fourth-order valence-corrected chi connectivity index (χ4v) is 4.07. The molecule has 1 aromatic heterocycles. The van der Waals surface area contributed by atoms with Gasteiger partial charge in [0.1, 0.15) is 6.33 Å². The van der Waals surface area contributed by atoms with E-state index < -0.39 is 0 Å². The van der Waals surface area contributed by atoms with Crippen molar-refractivity contribution in [1.82, 2.24) is 19.2 Å². The minimum atomic E-state index is -0.106. The first kappa shape index (κ1) is 20.3. The van der Waals surface area contributed by atoms with Gasteiger partial charge in [0.2, 0.25) is 0 Å². The quantitative estimate of drug-likeness (QED) is 0.685. The fourth-order valence-electron chi connectivity index (χ4n) is 4.07. The standard InChI is InChI=1S/C24H28N4O2/c1-19(15-20-5-3-2-4-6-20)16-26-13-11-22(12-14-26)27-18-25-28(24(27)30)23-9-7-21(17-29)8-10-23/h2-10,15,18,22,29H,11-14,16-17H2,1H3. The number of piperidine rings is 1. The van der Waals surface area contributed by atoms with Gasteiger partial charge in [-0.05, 0) is 43.0 Å². The molecule has 2 aromatic carbocycles. The van der Waals surface area contributed by atoms with E-state index >= 15 is 0 Å². The molecule has 0 atom stereocenters. The van der Waals surface area contributed by atoms with E-state index in [1.807, 2.05) is 30.3 Å². The van der Waals surface area contributed by atoms with Crippen LogP contribution in [0.5, 0.6) is 0 Å². The Morgan fingerprint density at radius 3 is 2.47 bits per heavy atom. The van der Waals surface area contributed by atoms with E-state index in [1.54, 1.807) is 10.9 Å². The van der Waals surface area contributed by atoms with Crippen molar-refractivity contribution in [3.05, 3.63) is 88.1 Å². The Labute approximate surface area is 176 Å². The molecule has 0 saturated carbocycles. The van der Waals surface area contributed by atoms with Gasteiger partial charge in [-0.1, -0.05) is 54.1 Å². The smallest absolute Gasteiger partial charge is 0.350 e. The van der Waals surface area contributed by atoms with Crippen molar-refractivity contribution in [2.75, 3.05) is 19.6 Å². The van der Waals surface area contributed by atoms with Gasteiger partial charge < -0.3 is 5.11 Å². The molecule has 0 spiro atoms. The maximum atomic E-state index is 12.9. The van der Waals surface area contributed by atoms with Gasteiger partial charge in [-0.25, -0.2) is 4.79 Å². The maximum Gasteiger partial charge on any atom is 0.350 e. The molecule has 0 radical (unpaired) electrons. The van der Waals surface area contributed by atoms with Crippen LogP contribution in [0, 0.1) is 0 Å². The lowest BCUT2D eigenvalue weighted by molar-refractivity contribution is 0.197. The average molecular weight is 405 g/mol. The third kappa shape index (κ3) is 4.61. The van der Waals surface area contributed by atoms with E-state index in [9.17, 15) is 9.90 Å². The molecule has 4 rings (SSSR count). The van der Waals surface area contributed by atoms with Crippen molar-refractivity contribution >= 4 is 6.08 Å². The van der Waals surface area contributed by atoms with E-state index in [0.29, 0.717) is 0 Å². The number of likely N-dealkylation sites (tertiary alicyclic amines) is 1. The van der Waals surface area contributed by atoms with Crippen LogP contribution >= 0.6 is 0 Å². The lowest BCUT2D eigenvalue weighted by Crippen LogP contribution is -2.38. The van der Waals surface area contributed by atoms with Gasteiger partial charge in [-0.3, -0.25) is 9.47 Å². The van der Waals surface area contributed by atoms with Crippen LogP contribution in [0.3, 0.4) is 0 Å². The molecule has 30 heavy (non-hydrogen) atoms. The normalized spacial score (nSPS) is 16.1. The molecule has 2 heterocycles. The Kier molecular flexibility index (Phi) is 6.26. The van der Waals surface area contributed by atoms with E-state index in [1.165, 1.54) is 15.8 Å². The summed E-state index contributed by atoms with van der Waals surface area (Å²) in [5.74, 6) is 0. The summed E-state index contributed by atoms with van der Waals surface area (Å²) in [4.78, 5) is 15.3. The second-order valence-corrected chi connectivity index (χ2v) is 7.97. The molecule has 156 valence electrons. The Balaban J connectivity index is 1.38. The zero-order chi connectivity index (χ0) is 20.9. The van der Waals surface area contributed by atoms with Crippen molar-refractivity contribution < 1.29 is 5.11 Å². The zero-order valence-electron chi connectivity index (χ0n) is 17.3. The molecular formula is C24H28N4O2. The van der Waals surface area contributed by atoms with E-state index in [-0.39, 0.29) is 18.3 Å². The minimum absolute atomic E-state index is 0.0117.